The van der Waals surface area contributed by atoms with E-state index in [0.717, 1.165) is 24.8 Å². The van der Waals surface area contributed by atoms with Gasteiger partial charge in [0.1, 0.15) is 0 Å². The van der Waals surface area contributed by atoms with Crippen molar-refractivity contribution in [1.29, 1.82) is 0 Å². The lowest BCUT2D eigenvalue weighted by atomic mass is 9.87. The number of hydrogen-bond donors (Lipinski definition) is 0. The van der Waals surface area contributed by atoms with Crippen LogP contribution in [0.5, 0.6) is 0 Å². The van der Waals surface area contributed by atoms with E-state index >= 15 is 0 Å². The van der Waals surface area contributed by atoms with Crippen LogP contribution in [0.3, 0.4) is 0 Å². The van der Waals surface area contributed by atoms with Gasteiger partial charge in [0.2, 0.25) is 0 Å². The first-order valence-electron chi connectivity index (χ1n) is 16.4. The lowest BCUT2D eigenvalue weighted by molar-refractivity contribution is 1.19. The molecule has 0 N–H and O–H groups in total. The molecule has 226 valence electrons. The molecule has 0 bridgehead atoms. The molecule has 1 aliphatic carbocycles. The molecule has 1 aliphatic rings. The van der Waals surface area contributed by atoms with Gasteiger partial charge in [0.05, 0.1) is 0 Å². The average Bonchev–Trinajstić information content (AvgIpc) is 3.09. The second-order valence-corrected chi connectivity index (χ2v) is 12.0. The average molecular weight is 595 g/mol. The van der Waals surface area contributed by atoms with E-state index in [0.29, 0.717) is 0 Å². The van der Waals surface area contributed by atoms with Crippen molar-refractivity contribution >= 4 is 38.3 Å². The molecule has 0 heterocycles. The highest BCUT2D eigenvalue weighted by Gasteiger charge is 2.14. The molecule has 0 fully saturated rings. The number of aryl methyl sites for hydroxylation is 1. The number of benzene rings is 5. The van der Waals surface area contributed by atoms with Gasteiger partial charge in [0, 0.05) is 0 Å². The SMILES string of the molecule is C=CC(=C\CC)/C1=C/C/C(c2ccc3ccccc3c2)=c2/cc(C)c(/C(C=C)=C/C)c/c2=C(\c2ccc3ccccc3c2)C/C=C\1. The molecule has 0 spiro atoms. The first-order chi connectivity index (χ1) is 22.5. The molecule has 0 radical (unpaired) electrons. The molecule has 46 heavy (non-hydrogen) atoms. The van der Waals surface area contributed by atoms with Crippen molar-refractivity contribution in [3.63, 3.8) is 0 Å². The minimum absolute atomic E-state index is 0.793. The first kappa shape index (κ1) is 30.8. The summed E-state index contributed by atoms with van der Waals surface area (Å²) in [5, 5.41) is 7.57. The molecule has 0 saturated heterocycles. The van der Waals surface area contributed by atoms with Crippen LogP contribution in [0.2, 0.25) is 0 Å². The van der Waals surface area contributed by atoms with E-state index in [1.54, 1.807) is 0 Å². The molecule has 6 rings (SSSR count). The molecule has 0 aromatic heterocycles. The second-order valence-electron chi connectivity index (χ2n) is 12.0. The van der Waals surface area contributed by atoms with Gasteiger partial charge in [-0.05, 0) is 133 Å². The van der Waals surface area contributed by atoms with Crippen LogP contribution in [0.1, 0.15) is 55.4 Å². The third kappa shape index (κ3) is 6.17. The van der Waals surface area contributed by atoms with Crippen molar-refractivity contribution in [2.24, 2.45) is 0 Å². The fourth-order valence-electron chi connectivity index (χ4n) is 6.76. The Morgan fingerprint density at radius 1 is 0.674 bits per heavy atom. The second kappa shape index (κ2) is 13.8. The summed E-state index contributed by atoms with van der Waals surface area (Å²) >= 11 is 0. The van der Waals surface area contributed by atoms with Crippen LogP contribution in [-0.2, 0) is 0 Å². The maximum Gasteiger partial charge on any atom is -0.00761 e. The van der Waals surface area contributed by atoms with Crippen molar-refractivity contribution in [2.45, 2.75) is 40.0 Å². The lowest BCUT2D eigenvalue weighted by Crippen LogP contribution is -2.31. The zero-order valence-corrected chi connectivity index (χ0v) is 27.3. The van der Waals surface area contributed by atoms with Crippen molar-refractivity contribution in [2.75, 3.05) is 0 Å². The zero-order valence-electron chi connectivity index (χ0n) is 27.3. The van der Waals surface area contributed by atoms with E-state index in [2.05, 4.69) is 161 Å². The zero-order chi connectivity index (χ0) is 32.0. The summed E-state index contributed by atoms with van der Waals surface area (Å²) in [5.41, 5.74) is 11.2. The molecule has 5 aromatic rings. The van der Waals surface area contributed by atoms with Gasteiger partial charge in [-0.2, -0.15) is 0 Å². The number of allylic oxidation sites excluding steroid dienone is 10. The molecule has 0 atom stereocenters. The Hall–Kier alpha value is -5.20. The van der Waals surface area contributed by atoms with Gasteiger partial charge in [0.25, 0.3) is 0 Å². The maximum atomic E-state index is 4.18. The highest BCUT2D eigenvalue weighted by Crippen LogP contribution is 2.28. The molecular formula is C46H42. The Balaban J connectivity index is 1.78. The van der Waals surface area contributed by atoms with Crippen LogP contribution in [0, 0.1) is 6.92 Å². The molecular weight excluding hydrogens is 553 g/mol. The Labute approximate surface area is 274 Å². The van der Waals surface area contributed by atoms with Crippen molar-refractivity contribution in [1.82, 2.24) is 0 Å². The molecule has 0 nitrogen and oxygen atoms in total. The highest BCUT2D eigenvalue weighted by molar-refractivity contribution is 5.89. The topological polar surface area (TPSA) is 0 Å². The molecule has 0 unspecified atom stereocenters. The van der Waals surface area contributed by atoms with Gasteiger partial charge >= 0.3 is 0 Å². The predicted octanol–water partition coefficient (Wildman–Crippen LogP) is 11.1. The Bertz CT molecular complexity index is 2230. The highest BCUT2D eigenvalue weighted by atomic mass is 14.2. The fourth-order valence-corrected chi connectivity index (χ4v) is 6.76. The standard InChI is InChI=1S/C46H42/c1-6-15-34(9-4)35-20-14-21-42(40-24-22-36-16-10-12-18-38(36)29-40)46-31-44(33(7-2)8-3)32(5)28-45(46)43(27-26-35)41-25-23-37-17-11-13-19-39(37)30-41/h7-20,22-26,28-31H,2,4,6,21,27H2,1,3,5H3/b20-14-,33-8+,34-15+,35-26+,45-43+,46-42+. The van der Waals surface area contributed by atoms with Gasteiger partial charge in [-0.1, -0.05) is 141 Å². The van der Waals surface area contributed by atoms with Crippen LogP contribution in [0.4, 0.5) is 0 Å². The van der Waals surface area contributed by atoms with E-state index in [1.165, 1.54) is 76.5 Å². The third-order valence-corrected chi connectivity index (χ3v) is 9.18. The van der Waals surface area contributed by atoms with Gasteiger partial charge in [-0.25, -0.2) is 0 Å². The van der Waals surface area contributed by atoms with Crippen molar-refractivity contribution < 1.29 is 0 Å². The quantitative estimate of drug-likeness (QED) is 0.164. The summed E-state index contributed by atoms with van der Waals surface area (Å²) in [6, 6.07) is 35.9. The normalized spacial score (nSPS) is 18.5. The maximum absolute atomic E-state index is 4.18. The summed E-state index contributed by atoms with van der Waals surface area (Å²) in [7, 11) is 0. The minimum atomic E-state index is 0.793. The largest absolute Gasteiger partial charge is 0.0985 e. The van der Waals surface area contributed by atoms with E-state index in [4.69, 9.17) is 0 Å². The van der Waals surface area contributed by atoms with E-state index in [9.17, 15) is 0 Å². The summed E-state index contributed by atoms with van der Waals surface area (Å²) in [6.45, 7) is 14.8. The summed E-state index contributed by atoms with van der Waals surface area (Å²) in [4.78, 5) is 0. The Morgan fingerprint density at radius 3 is 1.80 bits per heavy atom. The van der Waals surface area contributed by atoms with Crippen LogP contribution in [0.25, 0.3) is 38.3 Å². The van der Waals surface area contributed by atoms with E-state index in [1.807, 2.05) is 12.2 Å². The lowest BCUT2D eigenvalue weighted by Gasteiger charge is -2.17. The van der Waals surface area contributed by atoms with Crippen LogP contribution >= 0.6 is 0 Å². The molecule has 0 saturated carbocycles. The van der Waals surface area contributed by atoms with Gasteiger partial charge in [-0.15, -0.1) is 0 Å². The summed E-state index contributed by atoms with van der Waals surface area (Å²) in [5.74, 6) is 0. The predicted molar refractivity (Wildman–Crippen MR) is 202 cm³/mol. The van der Waals surface area contributed by atoms with Crippen LogP contribution in [-0.4, -0.2) is 0 Å². The number of fused-ring (bicyclic) bond motifs is 3. The molecule has 5 aromatic carbocycles. The summed E-state index contributed by atoms with van der Waals surface area (Å²) < 4.78 is 0. The van der Waals surface area contributed by atoms with Crippen LogP contribution in [0.15, 0.2) is 164 Å². The number of hydrogen-bond acceptors (Lipinski definition) is 0. The molecule has 0 heteroatoms. The smallest absolute Gasteiger partial charge is 0.00761 e. The minimum Gasteiger partial charge on any atom is -0.0985 e. The Morgan fingerprint density at radius 2 is 1.24 bits per heavy atom. The molecule has 0 amide bonds. The first-order valence-corrected chi connectivity index (χ1v) is 16.4. The number of rotatable bonds is 7. The van der Waals surface area contributed by atoms with Gasteiger partial charge in [0.15, 0.2) is 0 Å². The van der Waals surface area contributed by atoms with Crippen molar-refractivity contribution in [3.05, 3.63) is 197 Å². The monoisotopic (exact) mass is 594 g/mol. The van der Waals surface area contributed by atoms with E-state index < -0.39 is 0 Å². The van der Waals surface area contributed by atoms with Crippen LogP contribution < -0.4 is 10.4 Å². The third-order valence-electron chi connectivity index (χ3n) is 9.18. The van der Waals surface area contributed by atoms with Gasteiger partial charge < -0.3 is 0 Å². The Kier molecular flexibility index (Phi) is 9.27. The van der Waals surface area contributed by atoms with Gasteiger partial charge in [-0.3, -0.25) is 0 Å². The van der Waals surface area contributed by atoms with E-state index in [-0.39, 0.29) is 0 Å². The molecule has 0 aliphatic heterocycles. The van der Waals surface area contributed by atoms with Crippen molar-refractivity contribution in [3.8, 4) is 0 Å². The summed E-state index contributed by atoms with van der Waals surface area (Å²) in [6.07, 6.45) is 18.0. The fraction of sp³-hybridized carbons (Fsp3) is 0.130.